The fourth-order valence-electron chi connectivity index (χ4n) is 3.19. The minimum atomic E-state index is -0.441. The predicted molar refractivity (Wildman–Crippen MR) is 118 cm³/mol. The van der Waals surface area contributed by atoms with Crippen LogP contribution in [0.25, 0.3) is 6.08 Å². The number of carbonyl (C=O) groups excluding carboxylic acids is 1. The van der Waals surface area contributed by atoms with Crippen molar-refractivity contribution in [2.24, 2.45) is 0 Å². The number of nitro benzene ring substituents is 1. The molecule has 3 aromatic rings. The molecule has 6 heteroatoms. The summed E-state index contributed by atoms with van der Waals surface area (Å²) >= 11 is 0. The average Bonchev–Trinajstić information content (AvgIpc) is 3.17. The number of non-ortho nitro benzene ring substituents is 1. The Balaban J connectivity index is 1.71. The van der Waals surface area contributed by atoms with Crippen LogP contribution in [0.3, 0.4) is 0 Å². The van der Waals surface area contributed by atoms with Crippen LogP contribution in [0.1, 0.15) is 30.7 Å². The Labute approximate surface area is 176 Å². The van der Waals surface area contributed by atoms with Gasteiger partial charge in [-0.2, -0.15) is 0 Å². The number of amides is 1. The molecule has 0 bridgehead atoms. The van der Waals surface area contributed by atoms with Gasteiger partial charge >= 0.3 is 0 Å². The van der Waals surface area contributed by atoms with Gasteiger partial charge in [0.25, 0.3) is 5.69 Å². The molecule has 1 heterocycles. The van der Waals surface area contributed by atoms with Crippen molar-refractivity contribution in [2.45, 2.75) is 33.0 Å². The topological polar surface area (TPSA) is 68.4 Å². The molecule has 0 saturated heterocycles. The van der Waals surface area contributed by atoms with E-state index >= 15 is 0 Å². The fraction of sp³-hybridized carbons (Fsp3) is 0.208. The van der Waals surface area contributed by atoms with E-state index in [1.54, 1.807) is 23.1 Å². The van der Waals surface area contributed by atoms with E-state index in [0.717, 1.165) is 17.8 Å². The number of hydrogen-bond donors (Lipinski definition) is 0. The van der Waals surface area contributed by atoms with Crippen molar-refractivity contribution in [2.75, 3.05) is 0 Å². The van der Waals surface area contributed by atoms with Gasteiger partial charge < -0.3 is 9.47 Å². The standard InChI is InChI=1S/C24H25N3O3/c1-19(2)26(24(28)15-12-20-10-13-22(14-11-20)27(29)30)18-23-9-6-16-25(23)17-21-7-4-3-5-8-21/h3-16,19H,17-18H2,1-2H3/b15-12+. The highest BCUT2D eigenvalue weighted by atomic mass is 16.6. The molecule has 0 atom stereocenters. The van der Waals surface area contributed by atoms with Crippen LogP contribution in [0, 0.1) is 10.1 Å². The van der Waals surface area contributed by atoms with E-state index in [2.05, 4.69) is 16.7 Å². The molecule has 0 aliphatic carbocycles. The van der Waals surface area contributed by atoms with Gasteiger partial charge in [0.1, 0.15) is 0 Å². The molecule has 0 spiro atoms. The second kappa shape index (κ2) is 9.69. The van der Waals surface area contributed by atoms with Crippen molar-refractivity contribution in [1.29, 1.82) is 0 Å². The molecule has 0 N–H and O–H groups in total. The summed E-state index contributed by atoms with van der Waals surface area (Å²) in [6.45, 7) is 5.23. The third-order valence-electron chi connectivity index (χ3n) is 4.88. The zero-order valence-electron chi connectivity index (χ0n) is 17.1. The highest BCUT2D eigenvalue weighted by Gasteiger charge is 2.17. The lowest BCUT2D eigenvalue weighted by atomic mass is 10.2. The quantitative estimate of drug-likeness (QED) is 0.305. The van der Waals surface area contributed by atoms with Crippen molar-refractivity contribution < 1.29 is 9.72 Å². The van der Waals surface area contributed by atoms with Crippen molar-refractivity contribution in [1.82, 2.24) is 9.47 Å². The smallest absolute Gasteiger partial charge is 0.269 e. The van der Waals surface area contributed by atoms with Crippen molar-refractivity contribution in [3.63, 3.8) is 0 Å². The number of nitrogens with zero attached hydrogens (tertiary/aromatic N) is 3. The first kappa shape index (κ1) is 21.0. The SMILES string of the molecule is CC(C)N(Cc1cccn1Cc1ccccc1)C(=O)/C=C/c1ccc([N+](=O)[O-])cc1. The van der Waals surface area contributed by atoms with Gasteiger partial charge in [0.2, 0.25) is 5.91 Å². The van der Waals surface area contributed by atoms with E-state index in [1.807, 2.05) is 50.4 Å². The molecule has 0 aliphatic heterocycles. The van der Waals surface area contributed by atoms with Gasteiger partial charge in [-0.15, -0.1) is 0 Å². The fourth-order valence-corrected chi connectivity index (χ4v) is 3.19. The number of benzene rings is 2. The predicted octanol–water partition coefficient (Wildman–Crippen LogP) is 4.90. The van der Waals surface area contributed by atoms with Gasteiger partial charge in [-0.25, -0.2) is 0 Å². The van der Waals surface area contributed by atoms with Gasteiger partial charge in [0.05, 0.1) is 11.5 Å². The first-order chi connectivity index (χ1) is 14.4. The molecule has 154 valence electrons. The molecule has 30 heavy (non-hydrogen) atoms. The lowest BCUT2D eigenvalue weighted by Gasteiger charge is -2.26. The van der Waals surface area contributed by atoms with Crippen LogP contribution in [-0.4, -0.2) is 26.3 Å². The highest BCUT2D eigenvalue weighted by Crippen LogP contribution is 2.15. The lowest BCUT2D eigenvalue weighted by Crippen LogP contribution is -2.35. The minimum absolute atomic E-state index is 0.0269. The maximum atomic E-state index is 12.9. The second-order valence-electron chi connectivity index (χ2n) is 7.35. The third kappa shape index (κ3) is 5.44. The zero-order valence-corrected chi connectivity index (χ0v) is 17.1. The van der Waals surface area contributed by atoms with Crippen LogP contribution in [0.2, 0.25) is 0 Å². The van der Waals surface area contributed by atoms with Crippen LogP contribution in [0.15, 0.2) is 79.0 Å². The average molecular weight is 403 g/mol. The zero-order chi connectivity index (χ0) is 21.5. The summed E-state index contributed by atoms with van der Waals surface area (Å²) in [5.74, 6) is -0.101. The van der Waals surface area contributed by atoms with Crippen LogP contribution in [-0.2, 0) is 17.9 Å². The third-order valence-corrected chi connectivity index (χ3v) is 4.88. The van der Waals surface area contributed by atoms with Crippen molar-refractivity contribution >= 4 is 17.7 Å². The molecule has 0 unspecified atom stereocenters. The van der Waals surface area contributed by atoms with E-state index in [9.17, 15) is 14.9 Å². The summed E-state index contributed by atoms with van der Waals surface area (Å²) in [4.78, 5) is 25.0. The molecule has 2 aromatic carbocycles. The number of aromatic nitrogens is 1. The Morgan fingerprint density at radius 1 is 1.07 bits per heavy atom. The Hall–Kier alpha value is -3.67. The van der Waals surface area contributed by atoms with Gasteiger partial charge in [-0.05, 0) is 55.3 Å². The molecule has 0 fully saturated rings. The summed E-state index contributed by atoms with van der Waals surface area (Å²) in [7, 11) is 0. The van der Waals surface area contributed by atoms with E-state index in [4.69, 9.17) is 0 Å². The Morgan fingerprint density at radius 2 is 1.77 bits per heavy atom. The Bertz CT molecular complexity index is 1020. The molecule has 1 aromatic heterocycles. The monoisotopic (exact) mass is 403 g/mol. The maximum Gasteiger partial charge on any atom is 0.269 e. The molecule has 0 radical (unpaired) electrons. The van der Waals surface area contributed by atoms with Gasteiger partial charge in [-0.3, -0.25) is 14.9 Å². The van der Waals surface area contributed by atoms with Crippen LogP contribution in [0.5, 0.6) is 0 Å². The molecule has 0 aliphatic rings. The van der Waals surface area contributed by atoms with E-state index in [0.29, 0.717) is 6.54 Å². The molecule has 0 saturated carbocycles. The number of rotatable bonds is 8. The van der Waals surface area contributed by atoms with Crippen molar-refractivity contribution in [3.05, 3.63) is 106 Å². The number of carbonyl (C=O) groups is 1. The first-order valence-electron chi connectivity index (χ1n) is 9.85. The lowest BCUT2D eigenvalue weighted by molar-refractivity contribution is -0.384. The van der Waals surface area contributed by atoms with E-state index < -0.39 is 4.92 Å². The summed E-state index contributed by atoms with van der Waals surface area (Å²) < 4.78 is 2.15. The minimum Gasteiger partial charge on any atom is -0.345 e. The van der Waals surface area contributed by atoms with E-state index in [1.165, 1.54) is 23.8 Å². The van der Waals surface area contributed by atoms with E-state index in [-0.39, 0.29) is 17.6 Å². The molecule has 1 amide bonds. The van der Waals surface area contributed by atoms with Gasteiger partial charge in [0.15, 0.2) is 0 Å². The molecule has 3 rings (SSSR count). The van der Waals surface area contributed by atoms with Crippen molar-refractivity contribution in [3.8, 4) is 0 Å². The highest BCUT2D eigenvalue weighted by molar-refractivity contribution is 5.92. The summed E-state index contributed by atoms with van der Waals surface area (Å²) in [6, 6.07) is 20.4. The first-order valence-corrected chi connectivity index (χ1v) is 9.85. The largest absolute Gasteiger partial charge is 0.345 e. The maximum absolute atomic E-state index is 12.9. The normalized spacial score (nSPS) is 11.2. The van der Waals surface area contributed by atoms with Crippen LogP contribution >= 0.6 is 0 Å². The summed E-state index contributed by atoms with van der Waals surface area (Å²) in [5, 5.41) is 10.8. The summed E-state index contributed by atoms with van der Waals surface area (Å²) in [5.41, 5.74) is 3.03. The molecular formula is C24H25N3O3. The number of nitro groups is 1. The van der Waals surface area contributed by atoms with Crippen LogP contribution in [0.4, 0.5) is 5.69 Å². The Kier molecular flexibility index (Phi) is 6.80. The number of hydrogen-bond acceptors (Lipinski definition) is 3. The molecular weight excluding hydrogens is 378 g/mol. The van der Waals surface area contributed by atoms with Crippen LogP contribution < -0.4 is 0 Å². The molecule has 6 nitrogen and oxygen atoms in total. The Morgan fingerprint density at radius 3 is 2.40 bits per heavy atom. The summed E-state index contributed by atoms with van der Waals surface area (Å²) in [6.07, 6.45) is 5.23. The van der Waals surface area contributed by atoms with Gasteiger partial charge in [-0.1, -0.05) is 30.3 Å². The second-order valence-corrected chi connectivity index (χ2v) is 7.35. The van der Waals surface area contributed by atoms with Gasteiger partial charge in [0, 0.05) is 42.7 Å².